The molecule has 0 atom stereocenters. The topological polar surface area (TPSA) is 98.0 Å². The number of hydrogen-bond acceptors (Lipinski definition) is 3. The monoisotopic (exact) mass is 586 g/mol. The zero-order valence-corrected chi connectivity index (χ0v) is 26.9. The van der Waals surface area contributed by atoms with E-state index in [9.17, 15) is 10.2 Å². The van der Waals surface area contributed by atoms with Crippen molar-refractivity contribution in [3.8, 4) is 11.5 Å². The number of phenolic OH excluding ortho intramolecular Hbond substituents is 2. The van der Waals surface area contributed by atoms with Crippen molar-refractivity contribution in [1.29, 1.82) is 0 Å². The Morgan fingerprint density at radius 1 is 0.452 bits per heavy atom. The largest absolute Gasteiger partial charge is 0.508 e. The molecule has 0 aliphatic carbocycles. The van der Waals surface area contributed by atoms with Gasteiger partial charge in [-0.05, 0) is 48.9 Å². The van der Waals surface area contributed by atoms with Crippen LogP contribution in [0.3, 0.4) is 0 Å². The molecule has 0 aliphatic heterocycles. The number of aromatic hydroxyl groups is 2. The maximum atomic E-state index is 9.65. The average molecular weight is 587 g/mol. The molecule has 0 aliphatic rings. The predicted molar refractivity (Wildman–Crippen MR) is 178 cm³/mol. The minimum Gasteiger partial charge on any atom is -0.508 e. The first-order chi connectivity index (χ1) is 20.4. The van der Waals surface area contributed by atoms with Crippen molar-refractivity contribution in [3.05, 3.63) is 59.7 Å². The molecular formula is C37H62O5. The van der Waals surface area contributed by atoms with E-state index in [0.717, 1.165) is 24.0 Å². The SMILES string of the molecule is CCCCCCCCCCCCc1ccccc1O.CCCCCCCCCCCCc1ccccc1O.O=C(O)O. The smallest absolute Gasteiger partial charge is 0.503 e. The lowest BCUT2D eigenvalue weighted by Crippen LogP contribution is -1.87. The molecule has 4 N–H and O–H groups in total. The van der Waals surface area contributed by atoms with Gasteiger partial charge in [-0.15, -0.1) is 0 Å². The van der Waals surface area contributed by atoms with E-state index in [4.69, 9.17) is 15.0 Å². The maximum Gasteiger partial charge on any atom is 0.503 e. The van der Waals surface area contributed by atoms with Gasteiger partial charge in [-0.1, -0.05) is 166 Å². The highest BCUT2D eigenvalue weighted by Crippen LogP contribution is 2.20. The molecule has 0 unspecified atom stereocenters. The van der Waals surface area contributed by atoms with Crippen LogP contribution in [-0.4, -0.2) is 26.6 Å². The molecule has 0 heterocycles. The molecule has 2 aromatic rings. The Morgan fingerprint density at radius 3 is 0.952 bits per heavy atom. The number of phenols is 2. The van der Waals surface area contributed by atoms with Crippen molar-refractivity contribution in [2.45, 2.75) is 155 Å². The van der Waals surface area contributed by atoms with Crippen LogP contribution in [0.5, 0.6) is 11.5 Å². The molecule has 0 radical (unpaired) electrons. The second kappa shape index (κ2) is 29.8. The third-order valence-electron chi connectivity index (χ3n) is 7.58. The van der Waals surface area contributed by atoms with Gasteiger partial charge < -0.3 is 20.4 Å². The molecule has 0 bridgehead atoms. The zero-order valence-electron chi connectivity index (χ0n) is 26.9. The highest BCUT2D eigenvalue weighted by molar-refractivity contribution is 5.53. The maximum absolute atomic E-state index is 9.65. The summed E-state index contributed by atoms with van der Waals surface area (Å²) in [6, 6.07) is 15.4. The van der Waals surface area contributed by atoms with Crippen LogP contribution in [0.25, 0.3) is 0 Å². The van der Waals surface area contributed by atoms with Gasteiger partial charge in [0.1, 0.15) is 11.5 Å². The third-order valence-corrected chi connectivity index (χ3v) is 7.58. The summed E-state index contributed by atoms with van der Waals surface area (Å²) >= 11 is 0. The molecule has 5 nitrogen and oxygen atoms in total. The predicted octanol–water partition coefficient (Wildman–Crippen LogP) is 11.9. The summed E-state index contributed by atoms with van der Waals surface area (Å²) in [5, 5.41) is 33.3. The van der Waals surface area contributed by atoms with Crippen LogP contribution in [0.2, 0.25) is 0 Å². The van der Waals surface area contributed by atoms with Crippen LogP contribution in [0, 0.1) is 0 Å². The summed E-state index contributed by atoms with van der Waals surface area (Å²) in [5.74, 6) is 0.914. The molecular weight excluding hydrogens is 524 g/mol. The van der Waals surface area contributed by atoms with Crippen molar-refractivity contribution in [1.82, 2.24) is 0 Å². The first kappa shape index (κ1) is 39.3. The van der Waals surface area contributed by atoms with Crippen molar-refractivity contribution in [2.75, 3.05) is 0 Å². The summed E-state index contributed by atoms with van der Waals surface area (Å²) in [6.07, 6.45) is 27.5. The number of benzene rings is 2. The highest BCUT2D eigenvalue weighted by atomic mass is 16.6. The number of rotatable bonds is 22. The van der Waals surface area contributed by atoms with Gasteiger partial charge in [-0.25, -0.2) is 4.79 Å². The molecule has 0 spiro atoms. The van der Waals surface area contributed by atoms with Gasteiger partial charge in [0.15, 0.2) is 0 Å². The van der Waals surface area contributed by atoms with E-state index < -0.39 is 6.16 Å². The minimum atomic E-state index is -1.83. The molecule has 0 saturated carbocycles. The summed E-state index contributed by atoms with van der Waals surface area (Å²) in [6.45, 7) is 4.54. The first-order valence-electron chi connectivity index (χ1n) is 16.9. The Kier molecular flexibility index (Phi) is 27.9. The molecule has 0 saturated heterocycles. The lowest BCUT2D eigenvalue weighted by molar-refractivity contribution is 0.137. The van der Waals surface area contributed by atoms with Crippen LogP contribution >= 0.6 is 0 Å². The molecule has 0 amide bonds. The van der Waals surface area contributed by atoms with Crippen molar-refractivity contribution < 1.29 is 25.2 Å². The summed E-state index contributed by atoms with van der Waals surface area (Å²) in [7, 11) is 0. The fourth-order valence-corrected chi connectivity index (χ4v) is 5.05. The Balaban J connectivity index is 0.000000710. The Bertz CT molecular complexity index is 797. The van der Waals surface area contributed by atoms with Gasteiger partial charge in [-0.3, -0.25) is 0 Å². The second-order valence-corrected chi connectivity index (χ2v) is 11.4. The van der Waals surface area contributed by atoms with E-state index in [1.165, 1.54) is 128 Å². The van der Waals surface area contributed by atoms with Crippen LogP contribution in [-0.2, 0) is 12.8 Å². The van der Waals surface area contributed by atoms with Gasteiger partial charge >= 0.3 is 6.16 Å². The van der Waals surface area contributed by atoms with Gasteiger partial charge in [-0.2, -0.15) is 0 Å². The first-order valence-corrected chi connectivity index (χ1v) is 16.9. The van der Waals surface area contributed by atoms with E-state index in [1.807, 2.05) is 36.4 Å². The normalized spacial score (nSPS) is 10.3. The van der Waals surface area contributed by atoms with Crippen LogP contribution in [0.1, 0.15) is 153 Å². The van der Waals surface area contributed by atoms with E-state index in [1.54, 1.807) is 12.1 Å². The molecule has 5 heteroatoms. The molecule has 2 aromatic carbocycles. The van der Waals surface area contributed by atoms with Crippen molar-refractivity contribution in [2.24, 2.45) is 0 Å². The number of carboxylic acid groups (broad SMARTS) is 2. The number of carbonyl (C=O) groups is 1. The standard InChI is InChI=1S/2C18H30O.CH2O3/c2*1-2-3-4-5-6-7-8-9-10-11-14-17-15-12-13-16-18(17)19;2-1(3)4/h2*12-13,15-16,19H,2-11,14H2,1H3;(H2,2,3,4). The lowest BCUT2D eigenvalue weighted by atomic mass is 10.0. The van der Waals surface area contributed by atoms with Crippen molar-refractivity contribution >= 4 is 6.16 Å². The fourth-order valence-electron chi connectivity index (χ4n) is 5.05. The number of para-hydroxylation sites is 2. The fraction of sp³-hybridized carbons (Fsp3) is 0.649. The highest BCUT2D eigenvalue weighted by Gasteiger charge is 2.00. The number of aryl methyl sites for hydroxylation is 2. The van der Waals surface area contributed by atoms with E-state index >= 15 is 0 Å². The van der Waals surface area contributed by atoms with Crippen LogP contribution in [0.15, 0.2) is 48.5 Å². The second-order valence-electron chi connectivity index (χ2n) is 11.4. The summed E-state index contributed by atoms with van der Waals surface area (Å²) in [4.78, 5) is 8.56. The van der Waals surface area contributed by atoms with E-state index in [2.05, 4.69) is 13.8 Å². The van der Waals surface area contributed by atoms with Crippen LogP contribution in [0.4, 0.5) is 4.79 Å². The quantitative estimate of drug-likeness (QED) is 0.103. The molecule has 2 rings (SSSR count). The Labute approximate surface area is 257 Å². The molecule has 0 fully saturated rings. The lowest BCUT2D eigenvalue weighted by Gasteiger charge is -2.04. The zero-order chi connectivity index (χ0) is 31.1. The number of hydrogen-bond donors (Lipinski definition) is 4. The van der Waals surface area contributed by atoms with Crippen molar-refractivity contribution in [3.63, 3.8) is 0 Å². The van der Waals surface area contributed by atoms with Gasteiger partial charge in [0, 0.05) is 0 Å². The summed E-state index contributed by atoms with van der Waals surface area (Å²) < 4.78 is 0. The van der Waals surface area contributed by atoms with Gasteiger partial charge in [0.05, 0.1) is 0 Å². The van der Waals surface area contributed by atoms with E-state index in [-0.39, 0.29) is 0 Å². The van der Waals surface area contributed by atoms with Gasteiger partial charge in [0.2, 0.25) is 0 Å². The number of unbranched alkanes of at least 4 members (excludes halogenated alkanes) is 18. The molecule has 0 aromatic heterocycles. The Hall–Kier alpha value is -2.69. The average Bonchev–Trinajstić information content (AvgIpc) is 2.97. The molecule has 240 valence electrons. The summed E-state index contributed by atoms with van der Waals surface area (Å²) in [5.41, 5.74) is 2.20. The minimum absolute atomic E-state index is 0.457. The Morgan fingerprint density at radius 2 is 0.690 bits per heavy atom. The molecule has 42 heavy (non-hydrogen) atoms. The van der Waals surface area contributed by atoms with Crippen LogP contribution < -0.4 is 0 Å². The third kappa shape index (κ3) is 26.2. The van der Waals surface area contributed by atoms with E-state index in [0.29, 0.717) is 11.5 Å². The van der Waals surface area contributed by atoms with Gasteiger partial charge in [0.25, 0.3) is 0 Å².